The summed E-state index contributed by atoms with van der Waals surface area (Å²) in [4.78, 5) is 0. The molecule has 11 heavy (non-hydrogen) atoms. The molecule has 0 aromatic heterocycles. The molecule has 0 saturated heterocycles. The van der Waals surface area contributed by atoms with E-state index in [4.69, 9.17) is 11.6 Å². The lowest BCUT2D eigenvalue weighted by atomic mass is 9.99. The maximum atomic E-state index is 5.75. The highest BCUT2D eigenvalue weighted by molar-refractivity contribution is 6.30. The maximum Gasteiger partial charge on any atom is 0.132 e. The van der Waals surface area contributed by atoms with Crippen molar-refractivity contribution in [3.8, 4) is 0 Å². The molecule has 0 spiro atoms. The van der Waals surface area contributed by atoms with E-state index in [0.717, 1.165) is 11.4 Å². The fraction of sp³-hybridized carbons (Fsp3) is 0.300. The molecule has 0 aliphatic heterocycles. The van der Waals surface area contributed by atoms with E-state index in [1.54, 1.807) is 0 Å². The molecule has 0 bridgehead atoms. The predicted octanol–water partition coefficient (Wildman–Crippen LogP) is 3.69. The summed E-state index contributed by atoms with van der Waals surface area (Å²) >= 11 is 5.75. The average Bonchev–Trinajstić information content (AvgIpc) is 2.05. The van der Waals surface area contributed by atoms with E-state index in [9.17, 15) is 0 Å². The van der Waals surface area contributed by atoms with Crippen LogP contribution in [0.1, 0.15) is 25.8 Å². The Bertz CT molecular complexity index is 213. The largest absolute Gasteiger partial charge is 0.132 e. The monoisotopic (exact) mass is 167 g/mol. The van der Waals surface area contributed by atoms with Gasteiger partial charge in [0.2, 0.25) is 0 Å². The van der Waals surface area contributed by atoms with Gasteiger partial charge in [0.1, 0.15) is 5.56 Å². The van der Waals surface area contributed by atoms with E-state index >= 15 is 0 Å². The SMILES string of the molecule is CC[C+](C)c1ccc(Cl)cc1. The van der Waals surface area contributed by atoms with Crippen molar-refractivity contribution in [3.63, 3.8) is 0 Å². The molecule has 0 unspecified atom stereocenters. The molecule has 0 atom stereocenters. The van der Waals surface area contributed by atoms with E-state index in [0.29, 0.717) is 0 Å². The lowest BCUT2D eigenvalue weighted by Crippen LogP contribution is -1.90. The summed E-state index contributed by atoms with van der Waals surface area (Å²) in [6.07, 6.45) is 1.10. The summed E-state index contributed by atoms with van der Waals surface area (Å²) in [7, 11) is 0. The van der Waals surface area contributed by atoms with Gasteiger partial charge in [0.25, 0.3) is 0 Å². The van der Waals surface area contributed by atoms with Crippen molar-refractivity contribution in [2.75, 3.05) is 0 Å². The molecule has 0 radical (unpaired) electrons. The van der Waals surface area contributed by atoms with Crippen molar-refractivity contribution < 1.29 is 0 Å². The highest BCUT2D eigenvalue weighted by Crippen LogP contribution is 2.19. The molecule has 0 amide bonds. The molecule has 0 fully saturated rings. The third kappa shape index (κ3) is 2.16. The van der Waals surface area contributed by atoms with Gasteiger partial charge < -0.3 is 0 Å². The van der Waals surface area contributed by atoms with Gasteiger partial charge in [-0.1, -0.05) is 11.6 Å². The van der Waals surface area contributed by atoms with Crippen LogP contribution in [0.25, 0.3) is 0 Å². The number of rotatable bonds is 2. The quantitative estimate of drug-likeness (QED) is 0.590. The van der Waals surface area contributed by atoms with Crippen LogP contribution in [-0.4, -0.2) is 0 Å². The third-order valence-electron chi connectivity index (χ3n) is 1.87. The van der Waals surface area contributed by atoms with E-state index in [2.05, 4.69) is 26.0 Å². The van der Waals surface area contributed by atoms with Crippen molar-refractivity contribution in [2.24, 2.45) is 0 Å². The summed E-state index contributed by atoms with van der Waals surface area (Å²) in [5.41, 5.74) is 1.29. The Balaban J connectivity index is 2.81. The van der Waals surface area contributed by atoms with Crippen LogP contribution in [0.5, 0.6) is 0 Å². The van der Waals surface area contributed by atoms with Crippen molar-refractivity contribution in [2.45, 2.75) is 20.3 Å². The van der Waals surface area contributed by atoms with E-state index in [1.807, 2.05) is 12.1 Å². The van der Waals surface area contributed by atoms with E-state index < -0.39 is 0 Å². The van der Waals surface area contributed by atoms with Crippen LogP contribution < -0.4 is 0 Å². The molecular weight excluding hydrogens is 156 g/mol. The molecular formula is C10H12Cl+. The smallest absolute Gasteiger partial charge is 0.0818 e. The predicted molar refractivity (Wildman–Crippen MR) is 49.8 cm³/mol. The summed E-state index contributed by atoms with van der Waals surface area (Å²) in [5.74, 6) is 1.40. The van der Waals surface area contributed by atoms with Crippen LogP contribution in [0.2, 0.25) is 5.02 Å². The van der Waals surface area contributed by atoms with Crippen LogP contribution in [0.15, 0.2) is 24.3 Å². The molecule has 0 heterocycles. The van der Waals surface area contributed by atoms with Crippen LogP contribution in [0.4, 0.5) is 0 Å². The molecule has 0 N–H and O–H groups in total. The van der Waals surface area contributed by atoms with E-state index in [1.165, 1.54) is 11.5 Å². The molecule has 0 nitrogen and oxygen atoms in total. The Morgan fingerprint density at radius 1 is 1.27 bits per heavy atom. The van der Waals surface area contributed by atoms with Gasteiger partial charge in [-0.3, -0.25) is 0 Å². The number of halogens is 1. The van der Waals surface area contributed by atoms with Crippen molar-refractivity contribution >= 4 is 11.6 Å². The minimum Gasteiger partial charge on any atom is -0.0818 e. The molecule has 0 aliphatic rings. The van der Waals surface area contributed by atoms with Gasteiger partial charge in [0.05, 0.1) is 5.02 Å². The molecule has 1 aromatic carbocycles. The van der Waals surface area contributed by atoms with Crippen LogP contribution in [0, 0.1) is 5.92 Å². The first-order valence-electron chi connectivity index (χ1n) is 3.82. The zero-order chi connectivity index (χ0) is 8.27. The minimum absolute atomic E-state index is 0.803. The number of hydrogen-bond donors (Lipinski definition) is 0. The summed E-state index contributed by atoms with van der Waals surface area (Å²) < 4.78 is 0. The fourth-order valence-corrected chi connectivity index (χ4v) is 1.06. The molecule has 1 heteroatoms. The standard InChI is InChI=1S/C10H12Cl/c1-3-8(2)9-4-6-10(11)7-5-9/h4-7H,3H2,1-2H3/q+1. The molecule has 1 aromatic rings. The van der Waals surface area contributed by atoms with Crippen LogP contribution >= 0.6 is 11.6 Å². The Labute approximate surface area is 73.2 Å². The third-order valence-corrected chi connectivity index (χ3v) is 2.12. The van der Waals surface area contributed by atoms with Crippen molar-refractivity contribution in [1.29, 1.82) is 0 Å². The van der Waals surface area contributed by atoms with Gasteiger partial charge in [0, 0.05) is 43.5 Å². The minimum atomic E-state index is 0.803. The van der Waals surface area contributed by atoms with Crippen molar-refractivity contribution in [1.82, 2.24) is 0 Å². The molecule has 0 aliphatic carbocycles. The second-order valence-electron chi connectivity index (χ2n) is 2.64. The van der Waals surface area contributed by atoms with Crippen LogP contribution in [-0.2, 0) is 0 Å². The van der Waals surface area contributed by atoms with E-state index in [-0.39, 0.29) is 0 Å². The average molecular weight is 168 g/mol. The Morgan fingerprint density at radius 3 is 2.27 bits per heavy atom. The number of hydrogen-bond acceptors (Lipinski definition) is 0. The molecule has 0 saturated carbocycles. The fourth-order valence-electron chi connectivity index (χ4n) is 0.939. The Kier molecular flexibility index (Phi) is 2.84. The normalized spacial score (nSPS) is 9.73. The Morgan fingerprint density at radius 2 is 1.82 bits per heavy atom. The summed E-state index contributed by atoms with van der Waals surface area (Å²) in [6, 6.07) is 7.97. The summed E-state index contributed by atoms with van der Waals surface area (Å²) in [6.45, 7) is 4.30. The van der Waals surface area contributed by atoms with Crippen LogP contribution in [0.3, 0.4) is 0 Å². The molecule has 1 rings (SSSR count). The van der Waals surface area contributed by atoms with Gasteiger partial charge in [-0.15, -0.1) is 0 Å². The highest BCUT2D eigenvalue weighted by atomic mass is 35.5. The highest BCUT2D eigenvalue weighted by Gasteiger charge is 2.09. The van der Waals surface area contributed by atoms with Gasteiger partial charge in [-0.05, 0) is 6.92 Å². The lowest BCUT2D eigenvalue weighted by Gasteiger charge is -1.98. The first kappa shape index (κ1) is 8.48. The van der Waals surface area contributed by atoms with Crippen molar-refractivity contribution in [3.05, 3.63) is 40.8 Å². The second-order valence-corrected chi connectivity index (χ2v) is 3.08. The zero-order valence-electron chi connectivity index (χ0n) is 6.89. The maximum absolute atomic E-state index is 5.75. The van der Waals surface area contributed by atoms with Gasteiger partial charge in [0.15, 0.2) is 0 Å². The first-order valence-corrected chi connectivity index (χ1v) is 4.20. The Hall–Kier alpha value is -0.620. The lowest BCUT2D eigenvalue weighted by molar-refractivity contribution is 0.958. The van der Waals surface area contributed by atoms with Gasteiger partial charge in [-0.2, -0.15) is 0 Å². The van der Waals surface area contributed by atoms with Gasteiger partial charge >= 0.3 is 0 Å². The number of benzene rings is 1. The zero-order valence-corrected chi connectivity index (χ0v) is 7.65. The summed E-state index contributed by atoms with van der Waals surface area (Å²) in [5, 5.41) is 0.803. The second kappa shape index (κ2) is 3.68. The molecule has 58 valence electrons. The first-order chi connectivity index (χ1) is 5.24. The topological polar surface area (TPSA) is 0 Å². The van der Waals surface area contributed by atoms with Gasteiger partial charge in [-0.25, -0.2) is 0 Å².